The number of aromatic nitrogens is 2. The van der Waals surface area contributed by atoms with Crippen LogP contribution in [-0.4, -0.2) is 35.8 Å². The lowest BCUT2D eigenvalue weighted by atomic mass is 10.2. The Morgan fingerprint density at radius 3 is 1.97 bits per heavy atom. The molecule has 186 valence electrons. The van der Waals surface area contributed by atoms with E-state index in [2.05, 4.69) is 34.2 Å². The molecular weight excluding hydrogens is 496 g/mol. The van der Waals surface area contributed by atoms with E-state index in [1.165, 1.54) is 26.8 Å². The zero-order valence-electron chi connectivity index (χ0n) is 19.7. The Labute approximate surface area is 214 Å². The quantitative estimate of drug-likeness (QED) is 0.260. The third-order valence-corrected chi connectivity index (χ3v) is 8.28. The fourth-order valence-corrected chi connectivity index (χ4v) is 5.95. The fourth-order valence-electron chi connectivity index (χ4n) is 3.50. The van der Waals surface area contributed by atoms with E-state index in [0.717, 1.165) is 30.8 Å². The van der Waals surface area contributed by atoms with Crippen LogP contribution >= 0.6 is 0 Å². The largest absolute Gasteiger partial charge is 0.744 e. The average molecular weight is 523 g/mol. The minimum absolute atomic E-state index is 0.110. The lowest BCUT2D eigenvalue weighted by molar-refractivity contribution is -0.0390. The Kier molecular flexibility index (Phi) is 8.71. The van der Waals surface area contributed by atoms with Gasteiger partial charge in [-0.15, -0.1) is 0 Å². The van der Waals surface area contributed by atoms with Gasteiger partial charge in [0.05, 0.1) is 23.9 Å². The van der Waals surface area contributed by atoms with Crippen molar-refractivity contribution in [2.75, 3.05) is 6.61 Å². The molecule has 0 amide bonds. The molecule has 1 atom stereocenters. The lowest BCUT2D eigenvalue weighted by Gasteiger charge is -2.13. The number of pyridine rings is 2. The van der Waals surface area contributed by atoms with Crippen LogP contribution < -0.4 is 4.74 Å². The van der Waals surface area contributed by atoms with Gasteiger partial charge in [0.2, 0.25) is 0 Å². The van der Waals surface area contributed by atoms with E-state index >= 15 is 0 Å². The van der Waals surface area contributed by atoms with Crippen molar-refractivity contribution >= 4 is 21.0 Å². The van der Waals surface area contributed by atoms with Crippen molar-refractivity contribution in [1.82, 2.24) is 9.97 Å². The summed E-state index contributed by atoms with van der Waals surface area (Å²) in [6, 6.07) is 22.2. The number of hydrogen-bond donors (Lipinski definition) is 0. The number of rotatable bonds is 6. The van der Waals surface area contributed by atoms with Gasteiger partial charge >= 0.3 is 0 Å². The zero-order chi connectivity index (χ0) is 25.4. The van der Waals surface area contributed by atoms with Crippen LogP contribution in [0.4, 0.5) is 0 Å². The lowest BCUT2D eigenvalue weighted by Crippen LogP contribution is -2.14. The molecule has 1 unspecified atom stereocenters. The highest BCUT2D eigenvalue weighted by atomic mass is 32.2. The molecule has 2 aromatic carbocycles. The van der Waals surface area contributed by atoms with E-state index in [1.807, 2.05) is 43.6 Å². The molecule has 0 radical (unpaired) electrons. The standard InChI is InChI=1S/C20H19N2O2S.C7H8O3S/c1-4-18(14-21-11-1)25(19-5-2-12-22-15-19)17-9-7-16(8-10-17)24-20-6-3-13-23-20;1-6-2-4-7(5-3-6)11(8,9)10/h1-2,4-5,7-12,14-15,20H,3,6,13H2;2-5H,1H3,(H,8,9,10)/q+1;/p-1. The van der Waals surface area contributed by atoms with Crippen LogP contribution in [0, 0.1) is 6.92 Å². The molecule has 1 aliphatic heterocycles. The predicted molar refractivity (Wildman–Crippen MR) is 136 cm³/mol. The van der Waals surface area contributed by atoms with E-state index in [9.17, 15) is 13.0 Å². The van der Waals surface area contributed by atoms with Gasteiger partial charge in [-0.25, -0.2) is 8.42 Å². The van der Waals surface area contributed by atoms with Crippen molar-refractivity contribution in [3.63, 3.8) is 0 Å². The Bertz CT molecular complexity index is 1290. The van der Waals surface area contributed by atoms with Crippen LogP contribution in [0.3, 0.4) is 0 Å². The molecule has 2 aromatic heterocycles. The van der Waals surface area contributed by atoms with Crippen LogP contribution in [-0.2, 0) is 25.7 Å². The molecule has 5 rings (SSSR count). The first-order valence-corrected chi connectivity index (χ1v) is 14.0. The maximum atomic E-state index is 10.4. The summed E-state index contributed by atoms with van der Waals surface area (Å²) in [4.78, 5) is 11.9. The van der Waals surface area contributed by atoms with Gasteiger partial charge in [0.1, 0.15) is 26.8 Å². The summed E-state index contributed by atoms with van der Waals surface area (Å²) in [7, 11) is -4.51. The number of benzene rings is 2. The molecule has 4 aromatic rings. The molecule has 0 aliphatic carbocycles. The van der Waals surface area contributed by atoms with E-state index in [0.29, 0.717) is 0 Å². The first-order chi connectivity index (χ1) is 17.4. The van der Waals surface area contributed by atoms with E-state index < -0.39 is 10.1 Å². The van der Waals surface area contributed by atoms with E-state index in [1.54, 1.807) is 24.5 Å². The molecule has 3 heterocycles. The highest BCUT2D eigenvalue weighted by molar-refractivity contribution is 7.97. The Morgan fingerprint density at radius 1 is 0.889 bits per heavy atom. The van der Waals surface area contributed by atoms with Crippen LogP contribution in [0.15, 0.2) is 117 Å². The topological polar surface area (TPSA) is 101 Å². The van der Waals surface area contributed by atoms with Gasteiger partial charge in [-0.05, 0) is 74.0 Å². The predicted octanol–water partition coefficient (Wildman–Crippen LogP) is 4.99. The van der Waals surface area contributed by atoms with Crippen LogP contribution in [0.2, 0.25) is 0 Å². The number of hydrogen-bond acceptors (Lipinski definition) is 7. The summed E-state index contributed by atoms with van der Waals surface area (Å²) in [5.41, 5.74) is 0.928. The second-order valence-electron chi connectivity index (χ2n) is 7.98. The molecule has 7 nitrogen and oxygen atoms in total. The van der Waals surface area contributed by atoms with Crippen molar-refractivity contribution < 1.29 is 22.4 Å². The molecule has 1 fully saturated rings. The molecule has 9 heteroatoms. The van der Waals surface area contributed by atoms with Gasteiger partial charge in [-0.3, -0.25) is 9.97 Å². The van der Waals surface area contributed by atoms with Crippen molar-refractivity contribution in [3.05, 3.63) is 103 Å². The molecule has 0 spiro atoms. The minimum Gasteiger partial charge on any atom is -0.744 e. The first-order valence-electron chi connectivity index (χ1n) is 11.4. The number of nitrogens with zero attached hydrogens (tertiary/aromatic N) is 2. The van der Waals surface area contributed by atoms with Crippen molar-refractivity contribution in [3.8, 4) is 5.75 Å². The fraction of sp³-hybridized carbons (Fsp3) is 0.185. The third kappa shape index (κ3) is 7.14. The Morgan fingerprint density at radius 2 is 1.50 bits per heavy atom. The Hall–Kier alpha value is -3.24. The summed E-state index contributed by atoms with van der Waals surface area (Å²) in [6.45, 7) is 2.61. The van der Waals surface area contributed by atoms with Gasteiger partial charge in [-0.1, -0.05) is 17.7 Å². The van der Waals surface area contributed by atoms with Crippen molar-refractivity contribution in [2.24, 2.45) is 0 Å². The Balaban J connectivity index is 0.000000233. The summed E-state index contributed by atoms with van der Waals surface area (Å²) in [5.74, 6) is 0.844. The van der Waals surface area contributed by atoms with Crippen LogP contribution in [0.1, 0.15) is 18.4 Å². The average Bonchev–Trinajstić information content (AvgIpc) is 3.40. The number of aryl methyl sites for hydroxylation is 1. The van der Waals surface area contributed by atoms with Crippen molar-refractivity contribution in [2.45, 2.75) is 45.6 Å². The van der Waals surface area contributed by atoms with Gasteiger partial charge in [-0.2, -0.15) is 0 Å². The zero-order valence-corrected chi connectivity index (χ0v) is 21.3. The third-order valence-electron chi connectivity index (χ3n) is 5.26. The number of ether oxygens (including phenoxy) is 2. The summed E-state index contributed by atoms with van der Waals surface area (Å²) in [5, 5.41) is 0. The van der Waals surface area contributed by atoms with Gasteiger partial charge in [0, 0.05) is 18.8 Å². The molecule has 1 saturated heterocycles. The highest BCUT2D eigenvalue weighted by Crippen LogP contribution is 2.31. The van der Waals surface area contributed by atoms with E-state index in [-0.39, 0.29) is 22.1 Å². The SMILES string of the molecule is Cc1ccc(S(=O)(=O)[O-])cc1.c1cncc([S+](c2ccc(OC3CCCO3)cc2)c2cccnc2)c1. The molecule has 0 bridgehead atoms. The van der Waals surface area contributed by atoms with Gasteiger partial charge < -0.3 is 14.0 Å². The van der Waals surface area contributed by atoms with Crippen LogP contribution in [0.5, 0.6) is 5.75 Å². The minimum atomic E-state index is -4.27. The molecular formula is C27H26N2O5S2. The molecule has 0 saturated carbocycles. The molecule has 36 heavy (non-hydrogen) atoms. The summed E-state index contributed by atoms with van der Waals surface area (Å²) in [6.07, 6.45) is 9.35. The molecule has 0 N–H and O–H groups in total. The summed E-state index contributed by atoms with van der Waals surface area (Å²) >= 11 is 0. The maximum Gasteiger partial charge on any atom is 0.199 e. The van der Waals surface area contributed by atoms with Gasteiger partial charge in [0.25, 0.3) is 0 Å². The second kappa shape index (κ2) is 12.1. The maximum absolute atomic E-state index is 10.4. The second-order valence-corrected chi connectivity index (χ2v) is 11.4. The monoisotopic (exact) mass is 522 g/mol. The molecule has 1 aliphatic rings. The van der Waals surface area contributed by atoms with Crippen molar-refractivity contribution in [1.29, 1.82) is 0 Å². The smallest absolute Gasteiger partial charge is 0.199 e. The van der Waals surface area contributed by atoms with Crippen LogP contribution in [0.25, 0.3) is 0 Å². The first kappa shape index (κ1) is 25.8. The summed E-state index contributed by atoms with van der Waals surface area (Å²) < 4.78 is 42.6. The highest BCUT2D eigenvalue weighted by Gasteiger charge is 2.29. The van der Waals surface area contributed by atoms with E-state index in [4.69, 9.17) is 9.47 Å². The normalized spacial score (nSPS) is 15.2. The van der Waals surface area contributed by atoms with Gasteiger partial charge in [0.15, 0.2) is 21.0 Å².